The molecule has 0 heterocycles. The van der Waals surface area contributed by atoms with Gasteiger partial charge in [0.05, 0.1) is 6.04 Å². The fraction of sp³-hybridized carbons (Fsp3) is 0.889. The molecule has 1 aliphatic carbocycles. The van der Waals surface area contributed by atoms with Crippen molar-refractivity contribution >= 4 is 5.91 Å². The number of nitrogens with two attached hydrogens (primary N) is 1. The SMILES string of the molecule is CC(C)[C@@H](N)C(=O)NC1(C(F)(F)F)CC1. The summed E-state index contributed by atoms with van der Waals surface area (Å²) >= 11 is 0. The summed E-state index contributed by atoms with van der Waals surface area (Å²) in [7, 11) is 0. The number of carbonyl (C=O) groups excluding carboxylic acids is 1. The standard InChI is InChI=1S/C9H15F3N2O/c1-5(2)6(13)7(15)14-8(3-4-8)9(10,11)12/h5-6H,3-4,13H2,1-2H3,(H,14,15)/t6-/m1/s1. The summed E-state index contributed by atoms with van der Waals surface area (Å²) in [5.74, 6) is -0.895. The maximum absolute atomic E-state index is 12.5. The van der Waals surface area contributed by atoms with Crippen molar-refractivity contribution in [1.82, 2.24) is 5.32 Å². The fourth-order valence-electron chi connectivity index (χ4n) is 1.23. The topological polar surface area (TPSA) is 55.1 Å². The van der Waals surface area contributed by atoms with Crippen molar-refractivity contribution in [3.63, 3.8) is 0 Å². The fourth-order valence-corrected chi connectivity index (χ4v) is 1.23. The van der Waals surface area contributed by atoms with Gasteiger partial charge in [0, 0.05) is 0 Å². The third-order valence-electron chi connectivity index (χ3n) is 2.68. The third-order valence-corrected chi connectivity index (χ3v) is 2.68. The smallest absolute Gasteiger partial charge is 0.341 e. The van der Waals surface area contributed by atoms with Gasteiger partial charge in [-0.2, -0.15) is 13.2 Å². The van der Waals surface area contributed by atoms with E-state index >= 15 is 0 Å². The molecule has 0 unspecified atom stereocenters. The van der Waals surface area contributed by atoms with Crippen LogP contribution in [0.15, 0.2) is 0 Å². The van der Waals surface area contributed by atoms with Crippen LogP contribution in [0.5, 0.6) is 0 Å². The molecule has 0 aromatic rings. The molecule has 0 aromatic heterocycles. The highest BCUT2D eigenvalue weighted by Crippen LogP contribution is 2.48. The average Bonchev–Trinajstić information content (AvgIpc) is 2.82. The second-order valence-electron chi connectivity index (χ2n) is 4.34. The van der Waals surface area contributed by atoms with E-state index in [0.717, 1.165) is 0 Å². The number of amides is 1. The van der Waals surface area contributed by atoms with Crippen molar-refractivity contribution < 1.29 is 18.0 Å². The van der Waals surface area contributed by atoms with Gasteiger partial charge in [0.15, 0.2) is 0 Å². The quantitative estimate of drug-likeness (QED) is 0.756. The van der Waals surface area contributed by atoms with Gasteiger partial charge in [-0.3, -0.25) is 4.79 Å². The molecule has 88 valence electrons. The third kappa shape index (κ3) is 2.42. The zero-order chi connectivity index (χ0) is 11.9. The predicted molar refractivity (Wildman–Crippen MR) is 49.0 cm³/mol. The number of alkyl halides is 3. The molecule has 0 spiro atoms. The van der Waals surface area contributed by atoms with E-state index in [9.17, 15) is 18.0 Å². The summed E-state index contributed by atoms with van der Waals surface area (Å²) in [6.45, 7) is 3.38. The summed E-state index contributed by atoms with van der Waals surface area (Å²) < 4.78 is 37.4. The molecule has 1 aliphatic rings. The Bertz CT molecular complexity index is 259. The molecule has 1 saturated carbocycles. The lowest BCUT2D eigenvalue weighted by Crippen LogP contribution is -2.54. The average molecular weight is 224 g/mol. The molecular weight excluding hydrogens is 209 g/mol. The first-order valence-corrected chi connectivity index (χ1v) is 4.84. The minimum Gasteiger partial charge on any atom is -0.341 e. The van der Waals surface area contributed by atoms with Gasteiger partial charge in [-0.25, -0.2) is 0 Å². The molecule has 0 aliphatic heterocycles. The predicted octanol–water partition coefficient (Wildman–Crippen LogP) is 1.18. The second kappa shape index (κ2) is 3.66. The normalized spacial score (nSPS) is 21.3. The highest BCUT2D eigenvalue weighted by molar-refractivity contribution is 5.83. The molecule has 1 amide bonds. The van der Waals surface area contributed by atoms with E-state index in [4.69, 9.17) is 5.73 Å². The van der Waals surface area contributed by atoms with Crippen LogP contribution in [0.4, 0.5) is 13.2 Å². The van der Waals surface area contributed by atoms with Crippen LogP contribution in [0.25, 0.3) is 0 Å². The van der Waals surface area contributed by atoms with E-state index in [1.165, 1.54) is 0 Å². The van der Waals surface area contributed by atoms with Gasteiger partial charge >= 0.3 is 6.18 Å². The zero-order valence-electron chi connectivity index (χ0n) is 8.69. The molecule has 1 fully saturated rings. The zero-order valence-corrected chi connectivity index (χ0v) is 8.69. The van der Waals surface area contributed by atoms with Crippen molar-refractivity contribution in [3.05, 3.63) is 0 Å². The Hall–Kier alpha value is -0.780. The van der Waals surface area contributed by atoms with Gasteiger partial charge in [0.25, 0.3) is 0 Å². The number of hydrogen-bond acceptors (Lipinski definition) is 2. The molecule has 1 rings (SSSR count). The Balaban J connectivity index is 2.60. The minimum atomic E-state index is -4.38. The number of rotatable bonds is 3. The van der Waals surface area contributed by atoms with Crippen LogP contribution in [0.2, 0.25) is 0 Å². The van der Waals surface area contributed by atoms with Gasteiger partial charge in [0.1, 0.15) is 5.54 Å². The van der Waals surface area contributed by atoms with Crippen LogP contribution in [0.3, 0.4) is 0 Å². The molecule has 3 N–H and O–H groups in total. The molecule has 0 bridgehead atoms. The summed E-state index contributed by atoms with van der Waals surface area (Å²) in [4.78, 5) is 11.4. The van der Waals surface area contributed by atoms with Crippen LogP contribution < -0.4 is 11.1 Å². The number of carbonyl (C=O) groups is 1. The maximum Gasteiger partial charge on any atom is 0.411 e. The maximum atomic E-state index is 12.5. The second-order valence-corrected chi connectivity index (χ2v) is 4.34. The number of hydrogen-bond donors (Lipinski definition) is 2. The van der Waals surface area contributed by atoms with Crippen molar-refractivity contribution in [3.8, 4) is 0 Å². The van der Waals surface area contributed by atoms with E-state index < -0.39 is 23.7 Å². The largest absolute Gasteiger partial charge is 0.411 e. The number of nitrogens with one attached hydrogen (secondary N) is 1. The van der Waals surface area contributed by atoms with Crippen molar-refractivity contribution in [2.24, 2.45) is 11.7 Å². The summed E-state index contributed by atoms with van der Waals surface area (Å²) in [6.07, 6.45) is -4.47. The Labute approximate surface area is 86.2 Å². The molecule has 1 atom stereocenters. The molecule has 15 heavy (non-hydrogen) atoms. The lowest BCUT2D eigenvalue weighted by Gasteiger charge is -2.23. The van der Waals surface area contributed by atoms with E-state index in [-0.39, 0.29) is 18.8 Å². The van der Waals surface area contributed by atoms with Gasteiger partial charge in [-0.05, 0) is 18.8 Å². The van der Waals surface area contributed by atoms with Crippen molar-refractivity contribution in [1.29, 1.82) is 0 Å². The van der Waals surface area contributed by atoms with Gasteiger partial charge in [0.2, 0.25) is 5.91 Å². The van der Waals surface area contributed by atoms with E-state index in [0.29, 0.717) is 0 Å². The lowest BCUT2D eigenvalue weighted by atomic mass is 10.0. The Kier molecular flexibility index (Phi) is 3.00. The van der Waals surface area contributed by atoms with Gasteiger partial charge < -0.3 is 11.1 Å². The van der Waals surface area contributed by atoms with Gasteiger partial charge in [-0.15, -0.1) is 0 Å². The highest BCUT2D eigenvalue weighted by atomic mass is 19.4. The van der Waals surface area contributed by atoms with Crippen LogP contribution in [0, 0.1) is 5.92 Å². The Morgan fingerprint density at radius 2 is 1.87 bits per heavy atom. The first-order valence-electron chi connectivity index (χ1n) is 4.84. The van der Waals surface area contributed by atoms with Crippen LogP contribution in [0.1, 0.15) is 26.7 Å². The van der Waals surface area contributed by atoms with E-state index in [2.05, 4.69) is 0 Å². The first kappa shape index (κ1) is 12.3. The molecular formula is C9H15F3N2O. The highest BCUT2D eigenvalue weighted by Gasteiger charge is 2.64. The van der Waals surface area contributed by atoms with Crippen LogP contribution >= 0.6 is 0 Å². The molecule has 0 aromatic carbocycles. The van der Waals surface area contributed by atoms with Crippen LogP contribution in [-0.4, -0.2) is 23.7 Å². The minimum absolute atomic E-state index is 0.0486. The number of halogens is 3. The summed E-state index contributed by atoms with van der Waals surface area (Å²) in [5, 5.41) is 2.00. The summed E-state index contributed by atoms with van der Waals surface area (Å²) in [5.41, 5.74) is 3.46. The van der Waals surface area contributed by atoms with E-state index in [1.807, 2.05) is 5.32 Å². The Morgan fingerprint density at radius 3 is 2.13 bits per heavy atom. The van der Waals surface area contributed by atoms with Crippen LogP contribution in [-0.2, 0) is 4.79 Å². The lowest BCUT2D eigenvalue weighted by molar-refractivity contribution is -0.170. The Morgan fingerprint density at radius 1 is 1.40 bits per heavy atom. The van der Waals surface area contributed by atoms with Crippen molar-refractivity contribution in [2.75, 3.05) is 0 Å². The van der Waals surface area contributed by atoms with Gasteiger partial charge in [-0.1, -0.05) is 13.8 Å². The molecule has 0 saturated heterocycles. The molecule has 6 heteroatoms. The first-order chi connectivity index (χ1) is 6.69. The summed E-state index contributed by atoms with van der Waals surface area (Å²) in [6, 6.07) is -0.884. The molecule has 0 radical (unpaired) electrons. The van der Waals surface area contributed by atoms with E-state index in [1.54, 1.807) is 13.8 Å². The monoisotopic (exact) mass is 224 g/mol. The molecule has 3 nitrogen and oxygen atoms in total. The van der Waals surface area contributed by atoms with Crippen molar-refractivity contribution in [2.45, 2.75) is 44.4 Å².